The fourth-order valence-corrected chi connectivity index (χ4v) is 4.79. The van der Waals surface area contributed by atoms with E-state index in [1.54, 1.807) is 12.3 Å². The van der Waals surface area contributed by atoms with Crippen LogP contribution in [0.3, 0.4) is 0 Å². The van der Waals surface area contributed by atoms with E-state index in [9.17, 15) is 13.9 Å². The molecule has 0 amide bonds. The lowest BCUT2D eigenvalue weighted by atomic mass is 9.75. The Morgan fingerprint density at radius 1 is 1.18 bits per heavy atom. The van der Waals surface area contributed by atoms with Crippen LogP contribution in [0.15, 0.2) is 54.7 Å². The summed E-state index contributed by atoms with van der Waals surface area (Å²) < 4.78 is 33.4. The molecule has 7 heteroatoms. The number of likely N-dealkylation sites (tertiary alicyclic amines) is 1. The third-order valence-corrected chi connectivity index (χ3v) is 7.02. The molecular formula is C27H33F2N3O2. The Labute approximate surface area is 200 Å². The zero-order valence-corrected chi connectivity index (χ0v) is 20.0. The fourth-order valence-electron chi connectivity index (χ4n) is 4.79. The molecule has 1 aromatic heterocycles. The number of hydrogen-bond donors (Lipinski definition) is 1. The highest BCUT2D eigenvalue weighted by atomic mass is 19.3. The number of aliphatic hydroxyl groups is 1. The minimum absolute atomic E-state index is 0.135. The third kappa shape index (κ3) is 5.31. The molecule has 3 aromatic rings. The Morgan fingerprint density at radius 3 is 2.65 bits per heavy atom. The molecule has 0 unspecified atom stereocenters. The predicted molar refractivity (Wildman–Crippen MR) is 129 cm³/mol. The van der Waals surface area contributed by atoms with Crippen LogP contribution < -0.4 is 4.74 Å². The van der Waals surface area contributed by atoms with Crippen LogP contribution in [0.2, 0.25) is 0 Å². The van der Waals surface area contributed by atoms with E-state index in [2.05, 4.69) is 23.8 Å². The van der Waals surface area contributed by atoms with Gasteiger partial charge in [-0.2, -0.15) is 13.9 Å². The molecule has 1 fully saturated rings. The van der Waals surface area contributed by atoms with Crippen molar-refractivity contribution in [3.8, 4) is 22.6 Å². The Balaban J connectivity index is 1.60. The van der Waals surface area contributed by atoms with Gasteiger partial charge in [0, 0.05) is 36.5 Å². The van der Waals surface area contributed by atoms with Crippen LogP contribution in [0.5, 0.6) is 5.75 Å². The third-order valence-electron chi connectivity index (χ3n) is 7.02. The molecule has 1 saturated heterocycles. The Hall–Kier alpha value is -2.77. The SMILES string of the molecule is Cc1c(-c2ccc(CN3CCC[C@H](C(C)(C)CO)C3)c(OC(F)F)c2)cnn1-c1ccccc1. The van der Waals surface area contributed by atoms with E-state index in [4.69, 9.17) is 4.74 Å². The van der Waals surface area contributed by atoms with Gasteiger partial charge in [-0.1, -0.05) is 44.2 Å². The van der Waals surface area contributed by atoms with Gasteiger partial charge in [0.2, 0.25) is 0 Å². The zero-order valence-electron chi connectivity index (χ0n) is 20.0. The van der Waals surface area contributed by atoms with Crippen LogP contribution in [-0.4, -0.2) is 46.1 Å². The van der Waals surface area contributed by atoms with E-state index < -0.39 is 6.61 Å². The molecule has 0 bridgehead atoms. The first-order chi connectivity index (χ1) is 16.3. The maximum atomic E-state index is 13.3. The van der Waals surface area contributed by atoms with Gasteiger partial charge in [-0.3, -0.25) is 4.90 Å². The molecule has 34 heavy (non-hydrogen) atoms. The molecule has 182 valence electrons. The van der Waals surface area contributed by atoms with Crippen LogP contribution in [0.25, 0.3) is 16.8 Å². The summed E-state index contributed by atoms with van der Waals surface area (Å²) in [5.74, 6) is 0.555. The highest BCUT2D eigenvalue weighted by Gasteiger charge is 2.33. The fraction of sp³-hybridized carbons (Fsp3) is 0.444. The van der Waals surface area contributed by atoms with E-state index in [1.807, 2.05) is 54.1 Å². The zero-order chi connectivity index (χ0) is 24.3. The molecule has 1 aliphatic rings. The lowest BCUT2D eigenvalue weighted by Crippen LogP contribution is -2.42. The van der Waals surface area contributed by atoms with Crippen molar-refractivity contribution in [1.82, 2.24) is 14.7 Å². The molecular weight excluding hydrogens is 436 g/mol. The first-order valence-corrected chi connectivity index (χ1v) is 11.8. The number of rotatable bonds is 8. The van der Waals surface area contributed by atoms with Crippen LogP contribution in [0.4, 0.5) is 8.78 Å². The van der Waals surface area contributed by atoms with E-state index in [-0.39, 0.29) is 17.8 Å². The molecule has 1 N–H and O–H groups in total. The first kappa shape index (κ1) is 24.4. The average molecular weight is 470 g/mol. The van der Waals surface area contributed by atoms with Gasteiger partial charge in [-0.15, -0.1) is 0 Å². The first-order valence-electron chi connectivity index (χ1n) is 11.8. The largest absolute Gasteiger partial charge is 0.434 e. The lowest BCUT2D eigenvalue weighted by Gasteiger charge is -2.40. The van der Waals surface area contributed by atoms with Crippen LogP contribution in [-0.2, 0) is 6.54 Å². The average Bonchev–Trinajstić information content (AvgIpc) is 3.22. The molecule has 0 spiro atoms. The molecule has 5 nitrogen and oxygen atoms in total. The summed E-state index contributed by atoms with van der Waals surface area (Å²) in [4.78, 5) is 2.28. The van der Waals surface area contributed by atoms with Crippen LogP contribution >= 0.6 is 0 Å². The van der Waals surface area contributed by atoms with Crippen molar-refractivity contribution in [2.24, 2.45) is 11.3 Å². The number of benzene rings is 2. The topological polar surface area (TPSA) is 50.5 Å². The van der Waals surface area contributed by atoms with E-state index in [1.165, 1.54) is 0 Å². The highest BCUT2D eigenvalue weighted by Crippen LogP contribution is 2.36. The lowest BCUT2D eigenvalue weighted by molar-refractivity contribution is -0.0509. The quantitative estimate of drug-likeness (QED) is 0.461. The summed E-state index contributed by atoms with van der Waals surface area (Å²) in [6, 6.07) is 15.3. The Morgan fingerprint density at radius 2 is 1.94 bits per heavy atom. The number of para-hydroxylation sites is 1. The summed E-state index contributed by atoms with van der Waals surface area (Å²) >= 11 is 0. The normalized spacial score (nSPS) is 17.3. The van der Waals surface area contributed by atoms with Crippen molar-refractivity contribution in [3.05, 3.63) is 66.0 Å². The van der Waals surface area contributed by atoms with Crippen molar-refractivity contribution >= 4 is 0 Å². The number of ether oxygens (including phenoxy) is 1. The van der Waals surface area contributed by atoms with Gasteiger partial charge < -0.3 is 9.84 Å². The Kier molecular flexibility index (Phi) is 7.33. The van der Waals surface area contributed by atoms with E-state index in [0.717, 1.165) is 54.0 Å². The van der Waals surface area contributed by atoms with E-state index >= 15 is 0 Å². The Bertz CT molecular complexity index is 1100. The van der Waals surface area contributed by atoms with E-state index in [0.29, 0.717) is 12.5 Å². The van der Waals surface area contributed by atoms with Gasteiger partial charge in [0.05, 0.1) is 11.9 Å². The second-order valence-corrected chi connectivity index (χ2v) is 9.81. The van der Waals surface area contributed by atoms with Crippen molar-refractivity contribution in [2.45, 2.75) is 46.8 Å². The monoisotopic (exact) mass is 469 g/mol. The summed E-state index contributed by atoms with van der Waals surface area (Å²) in [6.45, 7) is 5.62. The smallest absolute Gasteiger partial charge is 0.387 e. The van der Waals surface area contributed by atoms with Crippen molar-refractivity contribution < 1.29 is 18.6 Å². The molecule has 4 rings (SSSR count). The van der Waals surface area contributed by atoms with Crippen LogP contribution in [0.1, 0.15) is 37.9 Å². The molecule has 2 aromatic carbocycles. The maximum Gasteiger partial charge on any atom is 0.387 e. The minimum atomic E-state index is -2.90. The molecule has 0 radical (unpaired) electrons. The van der Waals surface area contributed by atoms with Crippen molar-refractivity contribution in [2.75, 3.05) is 19.7 Å². The van der Waals surface area contributed by atoms with Gasteiger partial charge in [-0.05, 0) is 61.4 Å². The second kappa shape index (κ2) is 10.2. The second-order valence-electron chi connectivity index (χ2n) is 9.81. The summed E-state index contributed by atoms with van der Waals surface area (Å²) in [5, 5.41) is 14.3. The highest BCUT2D eigenvalue weighted by molar-refractivity contribution is 5.68. The van der Waals surface area contributed by atoms with Gasteiger partial charge >= 0.3 is 6.61 Å². The summed E-state index contributed by atoms with van der Waals surface area (Å²) in [6.07, 6.45) is 3.85. The summed E-state index contributed by atoms with van der Waals surface area (Å²) in [5.41, 5.74) is 4.10. The minimum Gasteiger partial charge on any atom is -0.434 e. The standard InChI is InChI=1S/C27H33F2N3O2/c1-19-24(15-30-32(19)23-9-5-4-6-10-23)20-11-12-21(25(14-20)34-26(28)29)16-31-13-7-8-22(17-31)27(2,3)18-33/h4-6,9-12,14-15,22,26,33H,7-8,13,16-18H2,1-3H3/t22-/m0/s1. The molecule has 0 aliphatic carbocycles. The predicted octanol–water partition coefficient (Wildman–Crippen LogP) is 5.68. The van der Waals surface area contributed by atoms with Gasteiger partial charge in [-0.25, -0.2) is 4.68 Å². The number of halogens is 2. The number of aromatic nitrogens is 2. The molecule has 1 atom stereocenters. The summed E-state index contributed by atoms with van der Waals surface area (Å²) in [7, 11) is 0. The number of aliphatic hydroxyl groups excluding tert-OH is 1. The molecule has 2 heterocycles. The number of hydrogen-bond acceptors (Lipinski definition) is 4. The van der Waals surface area contributed by atoms with Crippen molar-refractivity contribution in [3.63, 3.8) is 0 Å². The van der Waals surface area contributed by atoms with Crippen molar-refractivity contribution in [1.29, 1.82) is 0 Å². The number of piperidine rings is 1. The van der Waals surface area contributed by atoms with Gasteiger partial charge in [0.1, 0.15) is 5.75 Å². The maximum absolute atomic E-state index is 13.3. The van der Waals surface area contributed by atoms with Gasteiger partial charge in [0.15, 0.2) is 0 Å². The number of nitrogens with zero attached hydrogens (tertiary/aromatic N) is 3. The van der Waals surface area contributed by atoms with Gasteiger partial charge in [0.25, 0.3) is 0 Å². The van der Waals surface area contributed by atoms with Crippen LogP contribution in [0, 0.1) is 18.3 Å². The molecule has 1 aliphatic heterocycles. The number of alkyl halides is 2. The molecule has 0 saturated carbocycles.